The number of carbonyl (C=O) groups is 1. The first-order chi connectivity index (χ1) is 16.9. The Labute approximate surface area is 220 Å². The second-order valence-corrected chi connectivity index (χ2v) is 17.3. The smallest absolute Gasteiger partial charge is 0.338 e. The lowest BCUT2D eigenvalue weighted by atomic mass is 10.1. The lowest BCUT2D eigenvalue weighted by Gasteiger charge is -2.41. The summed E-state index contributed by atoms with van der Waals surface area (Å²) in [5.41, 5.74) is 0.0317. The standard InChI is InChI=1S/C28H38O6SSi/c1-27(2,3)36(6,7)34-23-22(21-18-30-28(4,5)33-21)32-26(35-20-16-12-9-13-17-20)24(23)31-25(29)19-14-10-8-11-15-19/h8-17,21-24,26H,18H2,1-7H3/t21-,22-,23?,24?,26-/m0/s1. The van der Waals surface area contributed by atoms with Gasteiger partial charge in [-0.2, -0.15) is 0 Å². The van der Waals surface area contributed by atoms with Gasteiger partial charge in [0.1, 0.15) is 23.7 Å². The van der Waals surface area contributed by atoms with Crippen LogP contribution in [0.3, 0.4) is 0 Å². The van der Waals surface area contributed by atoms with Crippen LogP contribution in [0.5, 0.6) is 0 Å². The highest BCUT2D eigenvalue weighted by Crippen LogP contribution is 2.45. The molecule has 2 aliphatic rings. The van der Waals surface area contributed by atoms with E-state index in [1.807, 2.05) is 62.4 Å². The van der Waals surface area contributed by atoms with Gasteiger partial charge in [-0.15, -0.1) is 0 Å². The summed E-state index contributed by atoms with van der Waals surface area (Å²) in [7, 11) is -2.27. The summed E-state index contributed by atoms with van der Waals surface area (Å²) in [6, 6.07) is 19.1. The monoisotopic (exact) mass is 530 g/mol. The molecule has 0 saturated carbocycles. The van der Waals surface area contributed by atoms with Crippen LogP contribution in [0, 0.1) is 0 Å². The topological polar surface area (TPSA) is 63.2 Å². The molecule has 2 heterocycles. The van der Waals surface area contributed by atoms with Crippen LogP contribution in [0.15, 0.2) is 65.6 Å². The summed E-state index contributed by atoms with van der Waals surface area (Å²) >= 11 is 1.54. The Kier molecular flexibility index (Phi) is 8.05. The third-order valence-corrected chi connectivity index (χ3v) is 12.7. The summed E-state index contributed by atoms with van der Waals surface area (Å²) in [6.07, 6.45) is -1.92. The lowest BCUT2D eigenvalue weighted by Crippen LogP contribution is -2.52. The second-order valence-electron chi connectivity index (χ2n) is 11.3. The SMILES string of the molecule is CC1(C)OC[C@@H]([C@@H]2O[C@@H](Sc3ccccc3)C(OC(=O)c3ccccc3)C2O[Si](C)(C)C(C)(C)C)O1. The second kappa shape index (κ2) is 10.6. The fourth-order valence-corrected chi connectivity index (χ4v) is 6.51. The zero-order chi connectivity index (χ0) is 26.1. The molecule has 6 nitrogen and oxygen atoms in total. The number of hydrogen-bond donors (Lipinski definition) is 0. The van der Waals surface area contributed by atoms with Crippen molar-refractivity contribution in [3.8, 4) is 0 Å². The Balaban J connectivity index is 1.69. The Bertz CT molecular complexity index is 1020. The molecule has 8 heteroatoms. The van der Waals surface area contributed by atoms with E-state index in [1.165, 1.54) is 11.8 Å². The molecule has 2 fully saturated rings. The average molecular weight is 531 g/mol. The molecule has 2 unspecified atom stereocenters. The highest BCUT2D eigenvalue weighted by molar-refractivity contribution is 7.99. The summed E-state index contributed by atoms with van der Waals surface area (Å²) in [5.74, 6) is -1.10. The van der Waals surface area contributed by atoms with Crippen LogP contribution in [0.1, 0.15) is 45.0 Å². The van der Waals surface area contributed by atoms with E-state index in [-0.39, 0.29) is 11.1 Å². The van der Waals surface area contributed by atoms with Crippen molar-refractivity contribution in [3.63, 3.8) is 0 Å². The molecule has 2 saturated heterocycles. The summed E-state index contributed by atoms with van der Waals surface area (Å²) in [5, 5.41) is -0.0392. The lowest BCUT2D eigenvalue weighted by molar-refractivity contribution is -0.158. The molecular formula is C28H38O6SSi. The fourth-order valence-electron chi connectivity index (χ4n) is 4.10. The third-order valence-electron chi connectivity index (χ3n) is 7.09. The molecule has 0 amide bonds. The highest BCUT2D eigenvalue weighted by atomic mass is 32.2. The van der Waals surface area contributed by atoms with Gasteiger partial charge < -0.3 is 23.4 Å². The largest absolute Gasteiger partial charge is 0.452 e. The van der Waals surface area contributed by atoms with E-state index in [2.05, 4.69) is 33.9 Å². The molecule has 0 spiro atoms. The van der Waals surface area contributed by atoms with Crippen molar-refractivity contribution < 1.29 is 28.2 Å². The normalized spacial score (nSPS) is 28.2. The predicted molar refractivity (Wildman–Crippen MR) is 144 cm³/mol. The number of benzene rings is 2. The maximum absolute atomic E-state index is 13.3. The zero-order valence-corrected chi connectivity index (χ0v) is 24.0. The molecule has 0 bridgehead atoms. The van der Waals surface area contributed by atoms with Gasteiger partial charge in [0.05, 0.1) is 12.2 Å². The summed E-state index contributed by atoms with van der Waals surface area (Å²) in [6.45, 7) is 15.2. The zero-order valence-electron chi connectivity index (χ0n) is 22.2. The molecule has 0 N–H and O–H groups in total. The van der Waals surface area contributed by atoms with Gasteiger partial charge in [-0.3, -0.25) is 0 Å². The van der Waals surface area contributed by atoms with Crippen molar-refractivity contribution in [2.45, 2.75) is 93.3 Å². The van der Waals surface area contributed by atoms with Gasteiger partial charge in [-0.1, -0.05) is 68.9 Å². The molecule has 36 heavy (non-hydrogen) atoms. The van der Waals surface area contributed by atoms with Gasteiger partial charge in [0.25, 0.3) is 0 Å². The molecule has 0 radical (unpaired) electrons. The molecule has 5 atom stereocenters. The minimum atomic E-state index is -2.27. The van der Waals surface area contributed by atoms with E-state index in [0.717, 1.165) is 4.90 Å². The number of ether oxygens (including phenoxy) is 4. The predicted octanol–water partition coefficient (Wildman–Crippen LogP) is 6.27. The average Bonchev–Trinajstić information content (AvgIpc) is 3.33. The first kappa shape index (κ1) is 27.4. The summed E-state index contributed by atoms with van der Waals surface area (Å²) < 4.78 is 31.9. The molecule has 0 aromatic heterocycles. The first-order valence-electron chi connectivity index (χ1n) is 12.5. The molecule has 2 aromatic carbocycles. The minimum absolute atomic E-state index is 0.0392. The quantitative estimate of drug-likeness (QED) is 0.309. The Hall–Kier alpha value is -1.68. The Morgan fingerprint density at radius 1 is 1.00 bits per heavy atom. The fraction of sp³-hybridized carbons (Fsp3) is 0.536. The van der Waals surface area contributed by atoms with E-state index in [9.17, 15) is 4.79 Å². The van der Waals surface area contributed by atoms with Gasteiger partial charge in [0.2, 0.25) is 0 Å². The number of esters is 1. The maximum atomic E-state index is 13.3. The van der Waals surface area contributed by atoms with E-state index in [4.69, 9.17) is 23.4 Å². The van der Waals surface area contributed by atoms with Crippen molar-refractivity contribution in [1.82, 2.24) is 0 Å². The van der Waals surface area contributed by atoms with Crippen molar-refractivity contribution in [3.05, 3.63) is 66.2 Å². The molecule has 4 rings (SSSR count). The van der Waals surface area contributed by atoms with Crippen LogP contribution in [0.4, 0.5) is 0 Å². The van der Waals surface area contributed by atoms with Crippen molar-refractivity contribution in [2.24, 2.45) is 0 Å². The van der Waals surface area contributed by atoms with Gasteiger partial charge in [-0.25, -0.2) is 4.79 Å². The molecule has 196 valence electrons. The third kappa shape index (κ3) is 6.23. The number of hydrogen-bond acceptors (Lipinski definition) is 7. The van der Waals surface area contributed by atoms with Crippen LogP contribution in [0.2, 0.25) is 18.1 Å². The summed E-state index contributed by atoms with van der Waals surface area (Å²) in [4.78, 5) is 14.3. The van der Waals surface area contributed by atoms with Crippen LogP contribution >= 0.6 is 11.8 Å². The van der Waals surface area contributed by atoms with E-state index in [0.29, 0.717) is 12.2 Å². The van der Waals surface area contributed by atoms with Crippen LogP contribution in [0.25, 0.3) is 0 Å². The van der Waals surface area contributed by atoms with Crippen LogP contribution in [-0.4, -0.2) is 56.5 Å². The van der Waals surface area contributed by atoms with Crippen LogP contribution < -0.4 is 0 Å². The van der Waals surface area contributed by atoms with Gasteiger partial charge in [0.15, 0.2) is 20.2 Å². The van der Waals surface area contributed by atoms with Crippen LogP contribution in [-0.2, 0) is 23.4 Å². The Morgan fingerprint density at radius 2 is 1.61 bits per heavy atom. The van der Waals surface area contributed by atoms with Gasteiger partial charge in [0, 0.05) is 4.90 Å². The van der Waals surface area contributed by atoms with Crippen molar-refractivity contribution >= 4 is 26.0 Å². The molecular weight excluding hydrogens is 492 g/mol. The highest BCUT2D eigenvalue weighted by Gasteiger charge is 2.56. The molecule has 2 aromatic rings. The van der Waals surface area contributed by atoms with E-state index < -0.39 is 43.8 Å². The van der Waals surface area contributed by atoms with Crippen molar-refractivity contribution in [1.29, 1.82) is 0 Å². The number of rotatable bonds is 7. The number of carbonyl (C=O) groups excluding carboxylic acids is 1. The number of thioether (sulfide) groups is 1. The Morgan fingerprint density at radius 3 is 2.17 bits per heavy atom. The molecule has 0 aliphatic carbocycles. The minimum Gasteiger partial charge on any atom is -0.452 e. The van der Waals surface area contributed by atoms with Gasteiger partial charge >= 0.3 is 5.97 Å². The van der Waals surface area contributed by atoms with E-state index >= 15 is 0 Å². The maximum Gasteiger partial charge on any atom is 0.338 e. The first-order valence-corrected chi connectivity index (χ1v) is 16.3. The molecule has 2 aliphatic heterocycles. The van der Waals surface area contributed by atoms with Crippen molar-refractivity contribution in [2.75, 3.05) is 6.61 Å². The van der Waals surface area contributed by atoms with E-state index in [1.54, 1.807) is 12.1 Å². The van der Waals surface area contributed by atoms with Gasteiger partial charge in [-0.05, 0) is 56.2 Å².